The third kappa shape index (κ3) is 6.53. The minimum absolute atomic E-state index is 0.0362. The Kier molecular flexibility index (Phi) is 6.73. The van der Waals surface area contributed by atoms with Gasteiger partial charge >= 0.3 is 12.3 Å². The largest absolute Gasteiger partial charge is 0.444 e. The number of carbonyl (C=O) groups is 1. The number of nitrogens with zero attached hydrogens (tertiary/aromatic N) is 4. The zero-order valence-electron chi connectivity index (χ0n) is 17.5. The Labute approximate surface area is 183 Å². The van der Waals surface area contributed by atoms with Crippen LogP contribution in [0.5, 0.6) is 0 Å². The van der Waals surface area contributed by atoms with Gasteiger partial charge in [-0.05, 0) is 63.4 Å². The number of aromatic nitrogens is 3. The Bertz CT molecular complexity index is 939. The van der Waals surface area contributed by atoms with Crippen molar-refractivity contribution in [1.82, 2.24) is 19.9 Å². The van der Waals surface area contributed by atoms with Crippen molar-refractivity contribution in [2.45, 2.75) is 57.7 Å². The van der Waals surface area contributed by atoms with Crippen molar-refractivity contribution in [3.63, 3.8) is 0 Å². The highest BCUT2D eigenvalue weighted by atomic mass is 35.5. The molecule has 1 amide bonds. The van der Waals surface area contributed by atoms with Gasteiger partial charge < -0.3 is 9.64 Å². The molecule has 0 saturated carbocycles. The number of rotatable bonds is 3. The summed E-state index contributed by atoms with van der Waals surface area (Å²) in [5.74, 6) is 0.0624. The number of likely N-dealkylation sites (tertiary alicyclic amines) is 1. The summed E-state index contributed by atoms with van der Waals surface area (Å²) in [5.41, 5.74) is 0.144. The second-order valence-electron chi connectivity index (χ2n) is 8.51. The van der Waals surface area contributed by atoms with Crippen LogP contribution in [0.1, 0.15) is 62.2 Å². The molecular formula is C21H24ClF3N4O2. The van der Waals surface area contributed by atoms with Crippen LogP contribution in [0.25, 0.3) is 0 Å². The van der Waals surface area contributed by atoms with Crippen LogP contribution in [-0.2, 0) is 17.3 Å². The van der Waals surface area contributed by atoms with Gasteiger partial charge in [0, 0.05) is 43.0 Å². The van der Waals surface area contributed by atoms with E-state index in [-0.39, 0.29) is 29.4 Å². The van der Waals surface area contributed by atoms with Crippen LogP contribution < -0.4 is 0 Å². The van der Waals surface area contributed by atoms with E-state index in [4.69, 9.17) is 16.3 Å². The highest BCUT2D eigenvalue weighted by molar-refractivity contribution is 6.28. The summed E-state index contributed by atoms with van der Waals surface area (Å²) in [6.45, 7) is 6.50. The first kappa shape index (κ1) is 23.2. The van der Waals surface area contributed by atoms with Crippen molar-refractivity contribution >= 4 is 17.7 Å². The number of halogens is 4. The number of amides is 1. The van der Waals surface area contributed by atoms with Crippen molar-refractivity contribution in [1.29, 1.82) is 0 Å². The quantitative estimate of drug-likeness (QED) is 0.590. The molecule has 3 rings (SSSR count). The zero-order chi connectivity index (χ0) is 22.8. The van der Waals surface area contributed by atoms with E-state index in [0.717, 1.165) is 18.3 Å². The van der Waals surface area contributed by atoms with Gasteiger partial charge in [0.2, 0.25) is 5.28 Å². The summed E-state index contributed by atoms with van der Waals surface area (Å²) < 4.78 is 44.2. The smallest absolute Gasteiger partial charge is 0.416 e. The fraction of sp³-hybridized carbons (Fsp3) is 0.524. The molecule has 1 aliphatic rings. The monoisotopic (exact) mass is 456 g/mol. The van der Waals surface area contributed by atoms with E-state index in [9.17, 15) is 18.0 Å². The average molecular weight is 457 g/mol. The number of hydrogen-bond acceptors (Lipinski definition) is 5. The summed E-state index contributed by atoms with van der Waals surface area (Å²) >= 11 is 6.08. The van der Waals surface area contributed by atoms with Gasteiger partial charge in [-0.15, -0.1) is 0 Å². The third-order valence-corrected chi connectivity index (χ3v) is 5.01. The first-order valence-electron chi connectivity index (χ1n) is 9.94. The molecule has 3 heterocycles. The predicted octanol–water partition coefficient (Wildman–Crippen LogP) is 5.25. The molecule has 6 nitrogen and oxygen atoms in total. The van der Waals surface area contributed by atoms with Crippen LogP contribution in [-0.4, -0.2) is 44.6 Å². The second kappa shape index (κ2) is 8.98. The molecular weight excluding hydrogens is 433 g/mol. The van der Waals surface area contributed by atoms with Crippen LogP contribution in [0.3, 0.4) is 0 Å². The number of pyridine rings is 1. The maximum absolute atomic E-state index is 12.9. The lowest BCUT2D eigenvalue weighted by Crippen LogP contribution is -2.41. The standard InChI is InChI=1S/C21H24ClF3N4O2/c1-20(2,3)31-19(30)29-8-5-13(6-9-29)17-12-16(27-18(22)28-17)11-15-10-14(4-7-26-15)21(23,24)25/h4,7,10,12-13H,5-6,8-9,11H2,1-3H3. The molecule has 168 valence electrons. The van der Waals surface area contributed by atoms with E-state index in [1.807, 2.05) is 20.8 Å². The van der Waals surface area contributed by atoms with E-state index < -0.39 is 17.3 Å². The molecule has 2 aromatic heterocycles. The molecule has 0 bridgehead atoms. The van der Waals surface area contributed by atoms with E-state index >= 15 is 0 Å². The first-order chi connectivity index (χ1) is 14.4. The van der Waals surface area contributed by atoms with Gasteiger partial charge in [-0.1, -0.05) is 0 Å². The zero-order valence-corrected chi connectivity index (χ0v) is 18.3. The van der Waals surface area contributed by atoms with E-state index in [1.54, 1.807) is 11.0 Å². The molecule has 2 aromatic rings. The van der Waals surface area contributed by atoms with Crippen LogP contribution >= 0.6 is 11.6 Å². The number of alkyl halides is 3. The topological polar surface area (TPSA) is 68.2 Å². The Morgan fingerprint density at radius 1 is 1.16 bits per heavy atom. The molecule has 10 heteroatoms. The maximum atomic E-state index is 12.9. The molecule has 1 aliphatic heterocycles. The van der Waals surface area contributed by atoms with Gasteiger partial charge in [0.25, 0.3) is 0 Å². The first-order valence-corrected chi connectivity index (χ1v) is 10.3. The van der Waals surface area contributed by atoms with Crippen molar-refractivity contribution < 1.29 is 22.7 Å². The molecule has 0 unspecified atom stereocenters. The van der Waals surface area contributed by atoms with Crippen LogP contribution in [0.2, 0.25) is 5.28 Å². The van der Waals surface area contributed by atoms with Crippen LogP contribution in [0.4, 0.5) is 18.0 Å². The molecule has 0 radical (unpaired) electrons. The Balaban J connectivity index is 1.69. The molecule has 1 fully saturated rings. The summed E-state index contributed by atoms with van der Waals surface area (Å²) in [5, 5.41) is 0.0362. The summed E-state index contributed by atoms with van der Waals surface area (Å²) in [6, 6.07) is 3.69. The fourth-order valence-corrected chi connectivity index (χ4v) is 3.61. The SMILES string of the molecule is CC(C)(C)OC(=O)N1CCC(c2cc(Cc3cc(C(F)(F)F)ccn3)nc(Cl)n2)CC1. The lowest BCUT2D eigenvalue weighted by atomic mass is 9.93. The normalized spacial score (nSPS) is 15.8. The molecule has 1 saturated heterocycles. The van der Waals surface area contributed by atoms with Gasteiger partial charge in [-0.3, -0.25) is 4.98 Å². The van der Waals surface area contributed by atoms with Crippen molar-refractivity contribution in [3.8, 4) is 0 Å². The van der Waals surface area contributed by atoms with Crippen LogP contribution in [0.15, 0.2) is 24.4 Å². The van der Waals surface area contributed by atoms with Gasteiger partial charge in [0.1, 0.15) is 5.60 Å². The van der Waals surface area contributed by atoms with Gasteiger partial charge in [0.05, 0.1) is 11.3 Å². The Hall–Kier alpha value is -2.42. The van der Waals surface area contributed by atoms with Crippen molar-refractivity contribution in [3.05, 3.63) is 52.3 Å². The Morgan fingerprint density at radius 3 is 2.45 bits per heavy atom. The summed E-state index contributed by atoms with van der Waals surface area (Å²) in [4.78, 5) is 26.4. The average Bonchev–Trinajstić information content (AvgIpc) is 2.66. The second-order valence-corrected chi connectivity index (χ2v) is 8.84. The molecule has 0 atom stereocenters. The molecule has 0 aromatic carbocycles. The number of hydrogen-bond donors (Lipinski definition) is 0. The summed E-state index contributed by atoms with van der Waals surface area (Å²) in [7, 11) is 0. The molecule has 0 aliphatic carbocycles. The third-order valence-electron chi connectivity index (χ3n) is 4.84. The van der Waals surface area contributed by atoms with E-state index in [0.29, 0.717) is 37.3 Å². The van der Waals surface area contributed by atoms with Gasteiger partial charge in [0.15, 0.2) is 0 Å². The molecule has 31 heavy (non-hydrogen) atoms. The van der Waals surface area contributed by atoms with E-state index in [2.05, 4.69) is 15.0 Å². The molecule has 0 N–H and O–H groups in total. The van der Waals surface area contributed by atoms with Crippen LogP contribution in [0, 0.1) is 0 Å². The maximum Gasteiger partial charge on any atom is 0.416 e. The van der Waals surface area contributed by atoms with Crippen molar-refractivity contribution in [2.24, 2.45) is 0 Å². The van der Waals surface area contributed by atoms with Gasteiger partial charge in [-0.25, -0.2) is 14.8 Å². The highest BCUT2D eigenvalue weighted by Gasteiger charge is 2.31. The number of piperidine rings is 1. The Morgan fingerprint density at radius 2 is 1.84 bits per heavy atom. The van der Waals surface area contributed by atoms with Gasteiger partial charge in [-0.2, -0.15) is 13.2 Å². The lowest BCUT2D eigenvalue weighted by Gasteiger charge is -2.33. The number of ether oxygens (including phenoxy) is 1. The predicted molar refractivity (Wildman–Crippen MR) is 109 cm³/mol. The minimum Gasteiger partial charge on any atom is -0.444 e. The lowest BCUT2D eigenvalue weighted by molar-refractivity contribution is -0.137. The van der Waals surface area contributed by atoms with E-state index in [1.165, 1.54) is 0 Å². The fourth-order valence-electron chi connectivity index (χ4n) is 3.41. The molecule has 0 spiro atoms. The number of carbonyl (C=O) groups excluding carboxylic acids is 1. The summed E-state index contributed by atoms with van der Waals surface area (Å²) in [6.07, 6.45) is -2.19. The van der Waals surface area contributed by atoms with Crippen molar-refractivity contribution in [2.75, 3.05) is 13.1 Å². The minimum atomic E-state index is -4.44. The highest BCUT2D eigenvalue weighted by Crippen LogP contribution is 2.31.